The number of pyridine rings is 1. The SMILES string of the molecule is N#Cc1nc(-c2cccnc2)sc1CS. The van der Waals surface area contributed by atoms with Crippen LogP contribution in [-0.4, -0.2) is 9.97 Å². The Morgan fingerprint density at radius 2 is 2.40 bits per heavy atom. The van der Waals surface area contributed by atoms with E-state index in [0.29, 0.717) is 11.4 Å². The van der Waals surface area contributed by atoms with Gasteiger partial charge in [0.1, 0.15) is 11.1 Å². The lowest BCUT2D eigenvalue weighted by atomic mass is 10.3. The topological polar surface area (TPSA) is 49.6 Å². The molecule has 2 rings (SSSR count). The van der Waals surface area contributed by atoms with Crippen LogP contribution in [0.3, 0.4) is 0 Å². The monoisotopic (exact) mass is 233 g/mol. The van der Waals surface area contributed by atoms with E-state index in [-0.39, 0.29) is 0 Å². The van der Waals surface area contributed by atoms with Gasteiger partial charge >= 0.3 is 0 Å². The second-order valence-electron chi connectivity index (χ2n) is 2.80. The Morgan fingerprint density at radius 3 is 2.93 bits per heavy atom. The molecule has 0 aliphatic heterocycles. The van der Waals surface area contributed by atoms with E-state index in [9.17, 15) is 0 Å². The highest BCUT2D eigenvalue weighted by molar-refractivity contribution is 7.79. The van der Waals surface area contributed by atoms with Gasteiger partial charge in [-0.2, -0.15) is 17.9 Å². The summed E-state index contributed by atoms with van der Waals surface area (Å²) in [6.45, 7) is 0. The average Bonchev–Trinajstić information content (AvgIpc) is 2.73. The maximum Gasteiger partial charge on any atom is 0.156 e. The van der Waals surface area contributed by atoms with Crippen molar-refractivity contribution in [3.8, 4) is 16.6 Å². The number of thiol groups is 1. The first-order valence-corrected chi connectivity index (χ1v) is 5.71. The highest BCUT2D eigenvalue weighted by Crippen LogP contribution is 2.28. The molecule has 2 aromatic heterocycles. The van der Waals surface area contributed by atoms with Crippen LogP contribution in [0.1, 0.15) is 10.6 Å². The van der Waals surface area contributed by atoms with Gasteiger partial charge < -0.3 is 0 Å². The van der Waals surface area contributed by atoms with Crippen molar-refractivity contribution in [3.63, 3.8) is 0 Å². The second-order valence-corrected chi connectivity index (χ2v) is 4.20. The molecule has 3 nitrogen and oxygen atoms in total. The molecule has 0 radical (unpaired) electrons. The summed E-state index contributed by atoms with van der Waals surface area (Å²) in [5, 5.41) is 9.68. The van der Waals surface area contributed by atoms with Crippen LogP contribution in [0.25, 0.3) is 10.6 Å². The van der Waals surface area contributed by atoms with Gasteiger partial charge in [0, 0.05) is 23.7 Å². The van der Waals surface area contributed by atoms with Gasteiger partial charge in [-0.25, -0.2) is 4.98 Å². The Bertz CT molecular complexity index is 499. The highest BCUT2D eigenvalue weighted by Gasteiger charge is 2.10. The molecule has 0 unspecified atom stereocenters. The van der Waals surface area contributed by atoms with Crippen molar-refractivity contribution >= 4 is 24.0 Å². The fourth-order valence-electron chi connectivity index (χ4n) is 1.16. The minimum absolute atomic E-state index is 0.467. The predicted octanol–water partition coefficient (Wildman–Crippen LogP) is 2.51. The first-order chi connectivity index (χ1) is 7.35. The Hall–Kier alpha value is -1.38. The normalized spacial score (nSPS) is 9.87. The van der Waals surface area contributed by atoms with Crippen LogP contribution in [0.5, 0.6) is 0 Å². The van der Waals surface area contributed by atoms with Crippen LogP contribution < -0.4 is 0 Å². The molecule has 0 bridgehead atoms. The third-order valence-corrected chi connectivity index (χ3v) is 3.49. The molecule has 2 heterocycles. The van der Waals surface area contributed by atoms with Gasteiger partial charge in [-0.15, -0.1) is 11.3 Å². The molecule has 0 fully saturated rings. The summed E-state index contributed by atoms with van der Waals surface area (Å²) in [6, 6.07) is 5.84. The van der Waals surface area contributed by atoms with Crippen molar-refractivity contribution in [2.75, 3.05) is 0 Å². The fourth-order valence-corrected chi connectivity index (χ4v) is 2.36. The van der Waals surface area contributed by atoms with Gasteiger partial charge in [0.2, 0.25) is 0 Å². The zero-order valence-corrected chi connectivity index (χ0v) is 9.42. The number of aromatic nitrogens is 2. The Morgan fingerprint density at radius 1 is 1.53 bits per heavy atom. The molecular weight excluding hydrogens is 226 g/mol. The summed E-state index contributed by atoms with van der Waals surface area (Å²) in [4.78, 5) is 9.16. The fraction of sp³-hybridized carbons (Fsp3) is 0.100. The molecule has 0 aromatic carbocycles. The molecule has 0 aliphatic carbocycles. The van der Waals surface area contributed by atoms with Crippen LogP contribution in [0.4, 0.5) is 0 Å². The van der Waals surface area contributed by atoms with Crippen molar-refractivity contribution in [2.24, 2.45) is 0 Å². The van der Waals surface area contributed by atoms with Crippen LogP contribution in [-0.2, 0) is 5.75 Å². The maximum atomic E-state index is 8.85. The third-order valence-electron chi connectivity index (χ3n) is 1.86. The van der Waals surface area contributed by atoms with Crippen LogP contribution >= 0.6 is 24.0 Å². The van der Waals surface area contributed by atoms with Crippen LogP contribution in [0, 0.1) is 11.3 Å². The summed E-state index contributed by atoms with van der Waals surface area (Å²) >= 11 is 5.65. The summed E-state index contributed by atoms with van der Waals surface area (Å²) < 4.78 is 0. The molecule has 0 aliphatic rings. The average molecular weight is 233 g/mol. The first kappa shape index (κ1) is 10.1. The lowest BCUT2D eigenvalue weighted by Crippen LogP contribution is -1.80. The molecule has 0 spiro atoms. The minimum Gasteiger partial charge on any atom is -0.264 e. The van der Waals surface area contributed by atoms with Crippen molar-refractivity contribution in [2.45, 2.75) is 5.75 Å². The highest BCUT2D eigenvalue weighted by atomic mass is 32.1. The molecule has 15 heavy (non-hydrogen) atoms. The maximum absolute atomic E-state index is 8.85. The van der Waals surface area contributed by atoms with E-state index >= 15 is 0 Å². The van der Waals surface area contributed by atoms with E-state index in [1.807, 2.05) is 12.1 Å². The van der Waals surface area contributed by atoms with Gasteiger partial charge in [0.25, 0.3) is 0 Å². The summed E-state index contributed by atoms with van der Waals surface area (Å²) in [5.74, 6) is 0.542. The van der Waals surface area contributed by atoms with E-state index in [0.717, 1.165) is 15.4 Å². The second kappa shape index (κ2) is 4.43. The number of rotatable bonds is 2. The number of hydrogen-bond acceptors (Lipinski definition) is 5. The van der Waals surface area contributed by atoms with Crippen molar-refractivity contribution in [3.05, 3.63) is 35.1 Å². The van der Waals surface area contributed by atoms with Gasteiger partial charge in [-0.05, 0) is 12.1 Å². The van der Waals surface area contributed by atoms with Gasteiger partial charge in [-0.3, -0.25) is 4.98 Å². The largest absolute Gasteiger partial charge is 0.264 e. The van der Waals surface area contributed by atoms with E-state index in [4.69, 9.17) is 5.26 Å². The van der Waals surface area contributed by atoms with Gasteiger partial charge in [-0.1, -0.05) is 0 Å². The predicted molar refractivity (Wildman–Crippen MR) is 62.8 cm³/mol. The van der Waals surface area contributed by atoms with E-state index < -0.39 is 0 Å². The first-order valence-electron chi connectivity index (χ1n) is 4.26. The number of hydrogen-bond donors (Lipinski definition) is 1. The Kier molecular flexibility index (Phi) is 2.99. The molecular formula is C10H7N3S2. The lowest BCUT2D eigenvalue weighted by molar-refractivity contribution is 1.27. The van der Waals surface area contributed by atoms with E-state index in [1.165, 1.54) is 11.3 Å². The summed E-state index contributed by atoms with van der Waals surface area (Å²) in [6.07, 6.45) is 3.45. The van der Waals surface area contributed by atoms with Gasteiger partial charge in [0.15, 0.2) is 5.69 Å². The lowest BCUT2D eigenvalue weighted by Gasteiger charge is -1.91. The quantitative estimate of drug-likeness (QED) is 0.811. The van der Waals surface area contributed by atoms with Crippen molar-refractivity contribution < 1.29 is 0 Å². The third kappa shape index (κ3) is 2.01. The number of nitriles is 1. The summed E-state index contributed by atoms with van der Waals surface area (Å²) in [5.41, 5.74) is 1.40. The molecule has 2 aromatic rings. The molecule has 0 amide bonds. The zero-order chi connectivity index (χ0) is 10.7. The Balaban J connectivity index is 2.48. The Labute approximate surface area is 96.8 Å². The molecule has 74 valence electrons. The molecule has 0 saturated heterocycles. The van der Waals surface area contributed by atoms with E-state index in [1.54, 1.807) is 12.4 Å². The van der Waals surface area contributed by atoms with Crippen LogP contribution in [0.2, 0.25) is 0 Å². The van der Waals surface area contributed by atoms with Crippen LogP contribution in [0.15, 0.2) is 24.5 Å². The van der Waals surface area contributed by atoms with E-state index in [2.05, 4.69) is 28.7 Å². The molecule has 0 saturated carbocycles. The minimum atomic E-state index is 0.467. The molecule has 0 N–H and O–H groups in total. The van der Waals surface area contributed by atoms with Crippen molar-refractivity contribution in [1.82, 2.24) is 9.97 Å². The standard InChI is InChI=1S/C10H7N3S2/c11-4-8-9(6-14)15-10(13-8)7-2-1-3-12-5-7/h1-3,5,14H,6H2. The number of nitrogens with zero attached hydrogens (tertiary/aromatic N) is 3. The zero-order valence-electron chi connectivity index (χ0n) is 7.71. The molecule has 0 atom stereocenters. The van der Waals surface area contributed by atoms with Crippen molar-refractivity contribution in [1.29, 1.82) is 5.26 Å². The summed E-state index contributed by atoms with van der Waals surface area (Å²) in [7, 11) is 0. The van der Waals surface area contributed by atoms with Gasteiger partial charge in [0.05, 0.1) is 4.88 Å². The number of thiazole rings is 1. The molecule has 5 heteroatoms. The smallest absolute Gasteiger partial charge is 0.156 e.